The van der Waals surface area contributed by atoms with E-state index in [0.29, 0.717) is 40.5 Å². The Hall–Kier alpha value is -5.20. The second-order valence-electron chi connectivity index (χ2n) is 12.9. The first-order chi connectivity index (χ1) is 23.6. The number of alkyl halides is 1. The van der Waals surface area contributed by atoms with Crippen LogP contribution >= 0.6 is 0 Å². The Labute approximate surface area is 280 Å². The number of halogens is 4. The zero-order chi connectivity index (χ0) is 34.4. The van der Waals surface area contributed by atoms with Crippen molar-refractivity contribution in [3.8, 4) is 35.6 Å². The highest BCUT2D eigenvalue weighted by molar-refractivity contribution is 6.03. The SMILES string of the molecule is C#Cc1c(F)ccc2cccc(-c3ccc4c(N5CCN(C(=O)C(=C)F)[C@@H](CC#N)C5)nc(OC[C@@]56CCCN5C[C@H](F)C6)nc4c3F)c12. The van der Waals surface area contributed by atoms with Crippen molar-refractivity contribution in [2.75, 3.05) is 44.2 Å². The van der Waals surface area contributed by atoms with Gasteiger partial charge in [0.2, 0.25) is 0 Å². The summed E-state index contributed by atoms with van der Waals surface area (Å²) in [7, 11) is 0. The lowest BCUT2D eigenvalue weighted by Gasteiger charge is -2.41. The smallest absolute Gasteiger partial charge is 0.319 e. The summed E-state index contributed by atoms with van der Waals surface area (Å²) in [5.74, 6) is -0.644. The molecular weight excluding hydrogens is 636 g/mol. The molecule has 4 aromatic rings. The van der Waals surface area contributed by atoms with Gasteiger partial charge in [0.1, 0.15) is 29.9 Å². The number of nitrogens with zero attached hydrogens (tertiary/aromatic N) is 6. The maximum Gasteiger partial charge on any atom is 0.319 e. The molecule has 1 aromatic heterocycles. The Morgan fingerprint density at radius 1 is 1.10 bits per heavy atom. The quantitative estimate of drug-likeness (QED) is 0.134. The highest BCUT2D eigenvalue weighted by atomic mass is 19.1. The third kappa shape index (κ3) is 5.60. The first-order valence-electron chi connectivity index (χ1n) is 16.1. The molecular formula is C37H32F4N6O2. The van der Waals surface area contributed by atoms with Gasteiger partial charge >= 0.3 is 6.01 Å². The molecule has 3 aliphatic heterocycles. The van der Waals surface area contributed by atoms with E-state index in [9.17, 15) is 23.2 Å². The first kappa shape index (κ1) is 32.4. The second-order valence-corrected chi connectivity index (χ2v) is 12.9. The Morgan fingerprint density at radius 3 is 2.71 bits per heavy atom. The molecule has 0 aliphatic carbocycles. The van der Waals surface area contributed by atoms with Crippen LogP contribution in [0.3, 0.4) is 0 Å². The van der Waals surface area contributed by atoms with Crippen LogP contribution in [0.15, 0.2) is 54.9 Å². The number of hydrogen-bond acceptors (Lipinski definition) is 7. The number of nitriles is 1. The fourth-order valence-electron chi connectivity index (χ4n) is 7.76. The lowest BCUT2D eigenvalue weighted by Crippen LogP contribution is -2.55. The Bertz CT molecular complexity index is 2090. The van der Waals surface area contributed by atoms with Crippen LogP contribution in [0, 0.1) is 35.3 Å². The number of hydrogen-bond donors (Lipinski definition) is 0. The maximum absolute atomic E-state index is 16.9. The summed E-state index contributed by atoms with van der Waals surface area (Å²) in [6.07, 6.45) is 6.59. The van der Waals surface area contributed by atoms with Crippen molar-refractivity contribution < 1.29 is 27.1 Å². The van der Waals surface area contributed by atoms with Crippen LogP contribution in [0.2, 0.25) is 0 Å². The molecule has 0 unspecified atom stereocenters. The zero-order valence-electron chi connectivity index (χ0n) is 26.6. The van der Waals surface area contributed by atoms with Crippen molar-refractivity contribution in [1.29, 1.82) is 5.26 Å². The number of carbonyl (C=O) groups excluding carboxylic acids is 1. The normalized spacial score (nSPS) is 22.2. The predicted octanol–water partition coefficient (Wildman–Crippen LogP) is 6.08. The molecule has 250 valence electrons. The molecule has 3 aromatic carbocycles. The number of anilines is 1. The van der Waals surface area contributed by atoms with Gasteiger partial charge in [0.05, 0.1) is 29.6 Å². The number of benzene rings is 3. The van der Waals surface area contributed by atoms with Crippen molar-refractivity contribution >= 4 is 33.4 Å². The molecule has 0 radical (unpaired) electrons. The number of amides is 1. The minimum Gasteiger partial charge on any atom is -0.461 e. The van der Waals surface area contributed by atoms with E-state index in [0.717, 1.165) is 19.4 Å². The van der Waals surface area contributed by atoms with Crippen LogP contribution < -0.4 is 9.64 Å². The van der Waals surface area contributed by atoms with Crippen molar-refractivity contribution in [2.45, 2.75) is 43.4 Å². The van der Waals surface area contributed by atoms with Crippen LogP contribution in [0.25, 0.3) is 32.8 Å². The minimum absolute atomic E-state index is 0.00927. The Kier molecular flexibility index (Phi) is 8.37. The highest BCUT2D eigenvalue weighted by Gasteiger charge is 2.49. The van der Waals surface area contributed by atoms with Crippen molar-refractivity contribution in [1.82, 2.24) is 19.8 Å². The molecule has 3 fully saturated rings. The van der Waals surface area contributed by atoms with Crippen molar-refractivity contribution in [3.63, 3.8) is 0 Å². The average molecular weight is 669 g/mol. The van der Waals surface area contributed by atoms with Gasteiger partial charge < -0.3 is 14.5 Å². The molecule has 3 saturated heterocycles. The van der Waals surface area contributed by atoms with Gasteiger partial charge in [0.15, 0.2) is 11.6 Å². The van der Waals surface area contributed by atoms with Crippen LogP contribution in [-0.4, -0.2) is 82.8 Å². The molecule has 3 aliphatic rings. The third-order valence-electron chi connectivity index (χ3n) is 10.0. The van der Waals surface area contributed by atoms with Crippen LogP contribution in [0.5, 0.6) is 6.01 Å². The molecule has 8 nitrogen and oxygen atoms in total. The molecule has 0 bridgehead atoms. The molecule has 0 saturated carbocycles. The molecule has 7 rings (SSSR count). The van der Waals surface area contributed by atoms with Gasteiger partial charge in [0.25, 0.3) is 5.91 Å². The standard InChI is InChI=1S/C37H32F4N6O2/c1-3-26-30(40)11-8-23-6-4-7-27(31(23)26)28-9-10-29-33(32(28)41)43-36(49-21-37-13-5-15-46(37)19-24(39)18-37)44-34(29)45-16-17-47(35(48)22(2)38)25(20-45)12-14-42/h1,4,6-11,24-25H,2,5,12-13,15-21H2/t24-,25+,37+/m1/s1. The van der Waals surface area contributed by atoms with E-state index in [1.165, 1.54) is 11.0 Å². The maximum atomic E-state index is 16.9. The predicted molar refractivity (Wildman–Crippen MR) is 177 cm³/mol. The summed E-state index contributed by atoms with van der Waals surface area (Å²) in [4.78, 5) is 26.9. The largest absolute Gasteiger partial charge is 0.461 e. The summed E-state index contributed by atoms with van der Waals surface area (Å²) in [6.45, 7) is 4.64. The van der Waals surface area contributed by atoms with Crippen LogP contribution in [0.1, 0.15) is 31.2 Å². The van der Waals surface area contributed by atoms with E-state index in [-0.39, 0.29) is 55.3 Å². The zero-order valence-corrected chi connectivity index (χ0v) is 26.6. The molecule has 0 spiro atoms. The number of rotatable bonds is 7. The Morgan fingerprint density at radius 2 is 1.94 bits per heavy atom. The van der Waals surface area contributed by atoms with Gasteiger partial charge in [-0.1, -0.05) is 42.8 Å². The summed E-state index contributed by atoms with van der Waals surface area (Å²) >= 11 is 0. The van der Waals surface area contributed by atoms with E-state index in [2.05, 4.69) is 28.5 Å². The third-order valence-corrected chi connectivity index (χ3v) is 10.0. The first-order valence-corrected chi connectivity index (χ1v) is 16.1. The van der Waals surface area contributed by atoms with E-state index in [1.807, 2.05) is 0 Å². The van der Waals surface area contributed by atoms with Crippen LogP contribution in [0.4, 0.5) is 23.4 Å². The fraction of sp³-hybridized carbons (Fsp3) is 0.351. The second kappa shape index (κ2) is 12.7. The van der Waals surface area contributed by atoms with Gasteiger partial charge in [-0.25, -0.2) is 17.6 Å². The lowest BCUT2D eigenvalue weighted by molar-refractivity contribution is -0.131. The van der Waals surface area contributed by atoms with E-state index in [1.54, 1.807) is 41.3 Å². The van der Waals surface area contributed by atoms with Crippen molar-refractivity contribution in [2.24, 2.45) is 0 Å². The number of ether oxygens (including phenoxy) is 1. The molecule has 0 N–H and O–H groups in total. The molecule has 49 heavy (non-hydrogen) atoms. The van der Waals surface area contributed by atoms with Gasteiger partial charge in [-0.2, -0.15) is 15.2 Å². The van der Waals surface area contributed by atoms with Gasteiger partial charge in [-0.3, -0.25) is 9.69 Å². The summed E-state index contributed by atoms with van der Waals surface area (Å²) in [6, 6.07) is 12.5. The van der Waals surface area contributed by atoms with Gasteiger partial charge in [-0.05, 0) is 42.5 Å². The summed E-state index contributed by atoms with van der Waals surface area (Å²) in [5.41, 5.74) is -0.0757. The Balaban J connectivity index is 1.35. The molecule has 12 heteroatoms. The monoisotopic (exact) mass is 668 g/mol. The minimum atomic E-state index is -1.13. The number of terminal acetylenes is 1. The average Bonchev–Trinajstić information content (AvgIpc) is 3.62. The fourth-order valence-corrected chi connectivity index (χ4v) is 7.76. The summed E-state index contributed by atoms with van der Waals surface area (Å²) < 4.78 is 66.3. The topological polar surface area (TPSA) is 85.6 Å². The summed E-state index contributed by atoms with van der Waals surface area (Å²) in [5, 5.41) is 10.9. The number of carbonyl (C=O) groups is 1. The van der Waals surface area contributed by atoms with E-state index in [4.69, 9.17) is 16.1 Å². The molecule has 1 amide bonds. The van der Waals surface area contributed by atoms with Crippen molar-refractivity contribution in [3.05, 3.63) is 72.1 Å². The number of aromatic nitrogens is 2. The number of fused-ring (bicyclic) bond motifs is 3. The van der Waals surface area contributed by atoms with Gasteiger partial charge in [0, 0.05) is 48.9 Å². The van der Waals surface area contributed by atoms with Crippen LogP contribution in [-0.2, 0) is 4.79 Å². The molecule has 4 heterocycles. The van der Waals surface area contributed by atoms with E-state index < -0.39 is 41.1 Å². The molecule has 3 atom stereocenters. The van der Waals surface area contributed by atoms with Gasteiger partial charge in [-0.15, -0.1) is 6.42 Å². The lowest BCUT2D eigenvalue weighted by atomic mass is 9.93. The van der Waals surface area contributed by atoms with E-state index >= 15 is 4.39 Å². The highest BCUT2D eigenvalue weighted by Crippen LogP contribution is 2.42. The number of piperazine rings is 1.